The van der Waals surface area contributed by atoms with Crippen molar-refractivity contribution >= 4 is 23.5 Å². The summed E-state index contributed by atoms with van der Waals surface area (Å²) in [4.78, 5) is 20.4. The number of ether oxygens (including phenoxy) is 1. The quantitative estimate of drug-likeness (QED) is 0.826. The first-order chi connectivity index (χ1) is 9.67. The second-order valence-corrected chi connectivity index (χ2v) is 5.67. The molecule has 1 aromatic rings. The van der Waals surface area contributed by atoms with Gasteiger partial charge in [-0.3, -0.25) is 10.1 Å². The highest BCUT2D eigenvalue weighted by atomic mass is 35.5. The average molecular weight is 297 g/mol. The van der Waals surface area contributed by atoms with Gasteiger partial charge in [0.2, 0.25) is 17.7 Å². The van der Waals surface area contributed by atoms with Crippen molar-refractivity contribution in [3.05, 3.63) is 11.2 Å². The minimum atomic E-state index is -0.156. The normalized spacial score (nSPS) is 28.2. The highest BCUT2D eigenvalue weighted by molar-refractivity contribution is 6.29. The molecule has 3 atom stereocenters. The Morgan fingerprint density at radius 2 is 2.35 bits per heavy atom. The lowest BCUT2D eigenvalue weighted by atomic mass is 9.94. The summed E-state index contributed by atoms with van der Waals surface area (Å²) in [5.41, 5.74) is 0. The molecule has 6 nitrogen and oxygen atoms in total. The zero-order valence-electron chi connectivity index (χ0n) is 11.2. The van der Waals surface area contributed by atoms with Crippen LogP contribution in [-0.4, -0.2) is 35.6 Å². The Hall–Kier alpha value is -1.40. The van der Waals surface area contributed by atoms with Crippen LogP contribution in [0.2, 0.25) is 5.15 Å². The van der Waals surface area contributed by atoms with Crippen LogP contribution in [0.4, 0.5) is 5.95 Å². The van der Waals surface area contributed by atoms with E-state index < -0.39 is 0 Å². The Kier molecular flexibility index (Phi) is 3.76. The summed E-state index contributed by atoms with van der Waals surface area (Å²) in [6, 6.07) is 1.34. The highest BCUT2D eigenvalue weighted by Gasteiger charge is 2.42. The Morgan fingerprint density at radius 3 is 3.15 bits per heavy atom. The lowest BCUT2D eigenvalue weighted by molar-refractivity contribution is -0.118. The molecule has 1 saturated heterocycles. The molecule has 3 unspecified atom stereocenters. The topological polar surface area (TPSA) is 76.1 Å². The molecule has 1 aliphatic carbocycles. The molecule has 0 radical (unpaired) electrons. The number of amides is 1. The van der Waals surface area contributed by atoms with E-state index in [1.807, 2.05) is 0 Å². The van der Waals surface area contributed by atoms with Crippen molar-refractivity contribution in [2.24, 2.45) is 11.8 Å². The number of nitrogens with zero attached hydrogens (tertiary/aromatic N) is 2. The molecular weight excluding hydrogens is 280 g/mol. The molecule has 2 N–H and O–H groups in total. The maximum atomic E-state index is 12.3. The zero-order valence-corrected chi connectivity index (χ0v) is 12.0. The Bertz CT molecular complexity index is 525. The monoisotopic (exact) mass is 296 g/mol. The molecule has 2 fully saturated rings. The van der Waals surface area contributed by atoms with Gasteiger partial charge in [0.05, 0.1) is 13.2 Å². The molecule has 1 aliphatic heterocycles. The third kappa shape index (κ3) is 2.58. The van der Waals surface area contributed by atoms with E-state index in [9.17, 15) is 4.79 Å². The first-order valence-electron chi connectivity index (χ1n) is 6.80. The van der Waals surface area contributed by atoms with Crippen LogP contribution in [0.15, 0.2) is 6.07 Å². The molecule has 2 heterocycles. The van der Waals surface area contributed by atoms with Crippen LogP contribution in [0.3, 0.4) is 0 Å². The molecule has 1 aromatic heterocycles. The van der Waals surface area contributed by atoms with Gasteiger partial charge in [0.25, 0.3) is 0 Å². The van der Waals surface area contributed by atoms with Crippen molar-refractivity contribution in [1.29, 1.82) is 0 Å². The number of methoxy groups -OCH3 is 1. The van der Waals surface area contributed by atoms with E-state index >= 15 is 0 Å². The summed E-state index contributed by atoms with van der Waals surface area (Å²) >= 11 is 5.86. The van der Waals surface area contributed by atoms with Gasteiger partial charge >= 0.3 is 0 Å². The zero-order chi connectivity index (χ0) is 14.1. The predicted molar refractivity (Wildman–Crippen MR) is 74.8 cm³/mol. The SMILES string of the molecule is COc1cc(Cl)nc(NC(=O)C2NCC3CCCC32)n1. The third-order valence-corrected chi connectivity index (χ3v) is 4.34. The molecule has 2 aliphatic rings. The Labute approximate surface area is 122 Å². The Balaban J connectivity index is 1.71. The fourth-order valence-electron chi connectivity index (χ4n) is 3.22. The molecule has 3 rings (SSSR count). The molecule has 0 aromatic carbocycles. The lowest BCUT2D eigenvalue weighted by Crippen LogP contribution is -2.40. The number of aromatic nitrogens is 2. The molecule has 1 amide bonds. The number of hydrogen-bond acceptors (Lipinski definition) is 5. The van der Waals surface area contributed by atoms with E-state index in [0.717, 1.165) is 13.0 Å². The minimum absolute atomic E-state index is 0.0938. The van der Waals surface area contributed by atoms with Crippen LogP contribution in [0.5, 0.6) is 5.88 Å². The van der Waals surface area contributed by atoms with Crippen LogP contribution in [0.25, 0.3) is 0 Å². The maximum absolute atomic E-state index is 12.3. The van der Waals surface area contributed by atoms with Gasteiger partial charge < -0.3 is 10.1 Å². The second kappa shape index (κ2) is 5.54. The van der Waals surface area contributed by atoms with Crippen LogP contribution in [-0.2, 0) is 4.79 Å². The van der Waals surface area contributed by atoms with E-state index in [1.54, 1.807) is 0 Å². The fraction of sp³-hybridized carbons (Fsp3) is 0.615. The number of anilines is 1. The summed E-state index contributed by atoms with van der Waals surface area (Å²) < 4.78 is 5.01. The van der Waals surface area contributed by atoms with E-state index in [-0.39, 0.29) is 23.1 Å². The van der Waals surface area contributed by atoms with Crippen molar-refractivity contribution < 1.29 is 9.53 Å². The smallest absolute Gasteiger partial charge is 0.244 e. The van der Waals surface area contributed by atoms with E-state index in [2.05, 4.69) is 20.6 Å². The third-order valence-electron chi connectivity index (χ3n) is 4.14. The largest absolute Gasteiger partial charge is 0.481 e. The van der Waals surface area contributed by atoms with Gasteiger partial charge in [-0.25, -0.2) is 4.98 Å². The molecule has 7 heteroatoms. The molecule has 108 valence electrons. The van der Waals surface area contributed by atoms with Crippen molar-refractivity contribution in [1.82, 2.24) is 15.3 Å². The van der Waals surface area contributed by atoms with Crippen LogP contribution in [0.1, 0.15) is 19.3 Å². The van der Waals surface area contributed by atoms with Crippen molar-refractivity contribution in [2.45, 2.75) is 25.3 Å². The number of fused-ring (bicyclic) bond motifs is 1. The fourth-order valence-corrected chi connectivity index (χ4v) is 3.39. The summed E-state index contributed by atoms with van der Waals surface area (Å²) in [5.74, 6) is 1.47. The molecule has 0 spiro atoms. The standard InChI is InChI=1S/C13H17ClN4O2/c1-20-10-5-9(14)16-13(17-10)18-12(19)11-8-4-2-3-7(8)6-15-11/h5,7-8,11,15H,2-4,6H2,1H3,(H,16,17,18,19). The molecule has 0 bridgehead atoms. The first-order valence-corrected chi connectivity index (χ1v) is 7.18. The maximum Gasteiger partial charge on any atom is 0.244 e. The predicted octanol–water partition coefficient (Wildman–Crippen LogP) is 1.47. The van der Waals surface area contributed by atoms with Gasteiger partial charge in [0.1, 0.15) is 5.15 Å². The van der Waals surface area contributed by atoms with Crippen molar-refractivity contribution in [3.63, 3.8) is 0 Å². The lowest BCUT2D eigenvalue weighted by Gasteiger charge is -2.17. The van der Waals surface area contributed by atoms with Crippen LogP contribution >= 0.6 is 11.6 Å². The molecular formula is C13H17ClN4O2. The van der Waals surface area contributed by atoms with Crippen LogP contribution in [0, 0.1) is 11.8 Å². The van der Waals surface area contributed by atoms with Gasteiger partial charge in [0.15, 0.2) is 0 Å². The van der Waals surface area contributed by atoms with E-state index in [4.69, 9.17) is 16.3 Å². The van der Waals surface area contributed by atoms with Gasteiger partial charge in [-0.05, 0) is 31.2 Å². The number of halogens is 1. The van der Waals surface area contributed by atoms with E-state index in [0.29, 0.717) is 17.7 Å². The number of carbonyl (C=O) groups is 1. The molecule has 20 heavy (non-hydrogen) atoms. The number of rotatable bonds is 3. The summed E-state index contributed by atoms with van der Waals surface area (Å²) in [7, 11) is 1.49. The summed E-state index contributed by atoms with van der Waals surface area (Å²) in [6.07, 6.45) is 3.53. The Morgan fingerprint density at radius 1 is 1.50 bits per heavy atom. The summed E-state index contributed by atoms with van der Waals surface area (Å²) in [5, 5.41) is 6.25. The van der Waals surface area contributed by atoms with Gasteiger partial charge in [-0.1, -0.05) is 18.0 Å². The number of carbonyl (C=O) groups excluding carboxylic acids is 1. The number of nitrogens with one attached hydrogen (secondary N) is 2. The minimum Gasteiger partial charge on any atom is -0.481 e. The first kappa shape index (κ1) is 13.6. The molecule has 1 saturated carbocycles. The van der Waals surface area contributed by atoms with Crippen molar-refractivity contribution in [2.75, 3.05) is 19.0 Å². The average Bonchev–Trinajstić information content (AvgIpc) is 2.99. The van der Waals surface area contributed by atoms with Crippen molar-refractivity contribution in [3.8, 4) is 5.88 Å². The van der Waals surface area contributed by atoms with Gasteiger partial charge in [-0.2, -0.15) is 4.98 Å². The van der Waals surface area contributed by atoms with Gasteiger partial charge in [0, 0.05) is 6.07 Å². The van der Waals surface area contributed by atoms with Gasteiger partial charge in [-0.15, -0.1) is 0 Å². The second-order valence-electron chi connectivity index (χ2n) is 5.29. The highest BCUT2D eigenvalue weighted by Crippen LogP contribution is 2.37. The number of hydrogen-bond donors (Lipinski definition) is 2. The van der Waals surface area contributed by atoms with Crippen LogP contribution < -0.4 is 15.4 Å². The van der Waals surface area contributed by atoms with E-state index in [1.165, 1.54) is 26.0 Å². The summed E-state index contributed by atoms with van der Waals surface area (Å²) in [6.45, 7) is 0.919.